The molecule has 0 aliphatic heterocycles. The van der Waals surface area contributed by atoms with Crippen LogP contribution < -0.4 is 4.90 Å². The maximum absolute atomic E-state index is 13.4. The molecular formula is C21H18N2O4S3. The van der Waals surface area contributed by atoms with Crippen molar-refractivity contribution in [1.29, 1.82) is 0 Å². The zero-order valence-electron chi connectivity index (χ0n) is 16.2. The van der Waals surface area contributed by atoms with E-state index in [0.717, 1.165) is 4.90 Å². The normalized spacial score (nSPS) is 11.7. The molecule has 0 aliphatic carbocycles. The molecule has 0 saturated heterocycles. The van der Waals surface area contributed by atoms with Crippen molar-refractivity contribution in [2.75, 3.05) is 17.4 Å². The van der Waals surface area contributed by atoms with Crippen LogP contribution in [-0.4, -0.2) is 31.8 Å². The highest BCUT2D eigenvalue weighted by Gasteiger charge is 2.23. The predicted molar refractivity (Wildman–Crippen MR) is 120 cm³/mol. The summed E-state index contributed by atoms with van der Waals surface area (Å²) in [7, 11) is -3.33. The first-order chi connectivity index (χ1) is 14.3. The van der Waals surface area contributed by atoms with Gasteiger partial charge in [0.2, 0.25) is 0 Å². The van der Waals surface area contributed by atoms with Gasteiger partial charge in [-0.1, -0.05) is 17.4 Å². The zero-order valence-corrected chi connectivity index (χ0v) is 18.7. The second-order valence-electron chi connectivity index (χ2n) is 6.60. The summed E-state index contributed by atoms with van der Waals surface area (Å²) in [5.74, 6) is 0.421. The van der Waals surface area contributed by atoms with Crippen molar-refractivity contribution in [3.8, 4) is 0 Å². The van der Waals surface area contributed by atoms with E-state index in [1.807, 2.05) is 24.5 Å². The third-order valence-electron chi connectivity index (χ3n) is 4.46. The Morgan fingerprint density at radius 2 is 2.00 bits per heavy atom. The van der Waals surface area contributed by atoms with Gasteiger partial charge < -0.3 is 4.42 Å². The van der Waals surface area contributed by atoms with Gasteiger partial charge in [-0.05, 0) is 54.8 Å². The predicted octanol–water partition coefficient (Wildman–Crippen LogP) is 4.86. The van der Waals surface area contributed by atoms with Crippen LogP contribution in [0.1, 0.15) is 16.1 Å². The molecule has 0 aliphatic rings. The van der Waals surface area contributed by atoms with Crippen molar-refractivity contribution in [1.82, 2.24) is 4.98 Å². The standard InChI is InChI=1S/C21H18N2O4S3/c1-28-16-7-3-5-14(11-16)20(24)23(13-15-6-4-10-27-15)21-22-18-9-8-17(30(2,25)26)12-19(18)29-21/h3-12H,13H2,1-2H3. The number of thiazole rings is 1. The lowest BCUT2D eigenvalue weighted by atomic mass is 10.2. The van der Waals surface area contributed by atoms with Crippen LogP contribution in [0.2, 0.25) is 0 Å². The maximum atomic E-state index is 13.4. The number of rotatable bonds is 6. The number of carbonyl (C=O) groups is 1. The topological polar surface area (TPSA) is 80.5 Å². The number of anilines is 1. The molecule has 2 heterocycles. The van der Waals surface area contributed by atoms with E-state index in [-0.39, 0.29) is 17.3 Å². The molecule has 2 aromatic carbocycles. The summed E-state index contributed by atoms with van der Waals surface area (Å²) in [6, 6.07) is 15.8. The highest BCUT2D eigenvalue weighted by atomic mass is 32.2. The number of benzene rings is 2. The summed E-state index contributed by atoms with van der Waals surface area (Å²) in [5.41, 5.74) is 1.18. The van der Waals surface area contributed by atoms with Gasteiger partial charge in [-0.3, -0.25) is 9.69 Å². The van der Waals surface area contributed by atoms with Crippen LogP contribution in [0.5, 0.6) is 0 Å². The largest absolute Gasteiger partial charge is 0.467 e. The fourth-order valence-corrected chi connectivity index (χ4v) is 5.12. The molecular weight excluding hydrogens is 440 g/mol. The van der Waals surface area contributed by atoms with E-state index in [1.165, 1.54) is 23.7 Å². The zero-order chi connectivity index (χ0) is 21.3. The molecule has 0 spiro atoms. The minimum atomic E-state index is -3.33. The first-order valence-electron chi connectivity index (χ1n) is 8.94. The number of furan rings is 1. The Labute approximate surface area is 182 Å². The number of thioether (sulfide) groups is 1. The SMILES string of the molecule is CSc1cccc(C(=O)N(Cc2ccco2)c2nc3ccc(S(C)(=O)=O)cc3s2)c1. The molecule has 4 rings (SSSR count). The lowest BCUT2D eigenvalue weighted by molar-refractivity contribution is 0.0983. The van der Waals surface area contributed by atoms with E-state index < -0.39 is 9.84 Å². The van der Waals surface area contributed by atoms with Gasteiger partial charge in [0, 0.05) is 16.7 Å². The van der Waals surface area contributed by atoms with E-state index in [9.17, 15) is 13.2 Å². The Kier molecular flexibility index (Phi) is 5.68. The first-order valence-corrected chi connectivity index (χ1v) is 12.9. The van der Waals surface area contributed by atoms with E-state index in [0.29, 0.717) is 26.7 Å². The molecule has 1 amide bonds. The van der Waals surface area contributed by atoms with Gasteiger partial charge in [-0.2, -0.15) is 0 Å². The minimum Gasteiger partial charge on any atom is -0.467 e. The molecule has 0 unspecified atom stereocenters. The van der Waals surface area contributed by atoms with Crippen LogP contribution >= 0.6 is 23.1 Å². The van der Waals surface area contributed by atoms with Crippen LogP contribution in [0.25, 0.3) is 10.2 Å². The van der Waals surface area contributed by atoms with E-state index in [1.54, 1.807) is 53.3 Å². The Balaban J connectivity index is 1.78. The highest BCUT2D eigenvalue weighted by Crippen LogP contribution is 2.32. The van der Waals surface area contributed by atoms with Gasteiger partial charge in [0.15, 0.2) is 15.0 Å². The quantitative estimate of drug-likeness (QED) is 0.384. The molecule has 0 fully saturated rings. The molecule has 0 saturated carbocycles. The summed E-state index contributed by atoms with van der Waals surface area (Å²) >= 11 is 2.83. The number of amides is 1. The molecule has 2 aromatic heterocycles. The molecule has 154 valence electrons. The van der Waals surface area contributed by atoms with Gasteiger partial charge in [-0.15, -0.1) is 11.8 Å². The van der Waals surface area contributed by atoms with Crippen molar-refractivity contribution in [2.45, 2.75) is 16.3 Å². The smallest absolute Gasteiger partial charge is 0.260 e. The number of nitrogens with zero attached hydrogens (tertiary/aromatic N) is 2. The lowest BCUT2D eigenvalue weighted by Crippen LogP contribution is -2.30. The molecule has 0 radical (unpaired) electrons. The average Bonchev–Trinajstić information content (AvgIpc) is 3.39. The summed E-state index contributed by atoms with van der Waals surface area (Å²) in [5, 5.41) is 0.478. The summed E-state index contributed by atoms with van der Waals surface area (Å²) < 4.78 is 29.9. The molecule has 6 nitrogen and oxygen atoms in total. The maximum Gasteiger partial charge on any atom is 0.260 e. The lowest BCUT2D eigenvalue weighted by Gasteiger charge is -2.19. The molecule has 0 N–H and O–H groups in total. The average molecular weight is 459 g/mol. The van der Waals surface area contributed by atoms with Crippen molar-refractivity contribution in [3.05, 3.63) is 72.2 Å². The third kappa shape index (κ3) is 4.28. The van der Waals surface area contributed by atoms with Gasteiger partial charge >= 0.3 is 0 Å². The van der Waals surface area contributed by atoms with Crippen LogP contribution in [0, 0.1) is 0 Å². The molecule has 9 heteroatoms. The number of fused-ring (bicyclic) bond motifs is 1. The van der Waals surface area contributed by atoms with Crippen molar-refractivity contribution in [3.63, 3.8) is 0 Å². The van der Waals surface area contributed by atoms with Gasteiger partial charge in [0.1, 0.15) is 5.76 Å². The van der Waals surface area contributed by atoms with E-state index in [4.69, 9.17) is 4.42 Å². The van der Waals surface area contributed by atoms with E-state index in [2.05, 4.69) is 4.98 Å². The number of hydrogen-bond acceptors (Lipinski definition) is 7. The highest BCUT2D eigenvalue weighted by molar-refractivity contribution is 7.98. The van der Waals surface area contributed by atoms with Crippen LogP contribution in [0.3, 0.4) is 0 Å². The van der Waals surface area contributed by atoms with Gasteiger partial charge in [-0.25, -0.2) is 13.4 Å². The molecule has 0 bridgehead atoms. The minimum absolute atomic E-state index is 0.204. The fraction of sp³-hybridized carbons (Fsp3) is 0.143. The number of hydrogen-bond donors (Lipinski definition) is 0. The van der Waals surface area contributed by atoms with Gasteiger partial charge in [0.25, 0.3) is 5.91 Å². The third-order valence-corrected chi connectivity index (χ3v) is 7.34. The Hall–Kier alpha value is -2.62. The van der Waals surface area contributed by atoms with Gasteiger partial charge in [0.05, 0.1) is 27.9 Å². The summed E-state index contributed by atoms with van der Waals surface area (Å²) in [6.07, 6.45) is 4.68. The van der Waals surface area contributed by atoms with Crippen LogP contribution in [0.15, 0.2) is 75.1 Å². The second-order valence-corrected chi connectivity index (χ2v) is 10.5. The first kappa shape index (κ1) is 20.6. The van der Waals surface area contributed by atoms with E-state index >= 15 is 0 Å². The fourth-order valence-electron chi connectivity index (χ4n) is 2.94. The second kappa shape index (κ2) is 8.25. The molecule has 0 atom stereocenters. The number of carbonyl (C=O) groups excluding carboxylic acids is 1. The number of sulfone groups is 1. The summed E-state index contributed by atoms with van der Waals surface area (Å²) in [6.45, 7) is 0.216. The van der Waals surface area contributed by atoms with Crippen LogP contribution in [0.4, 0.5) is 5.13 Å². The Bertz CT molecular complexity index is 1310. The Morgan fingerprint density at radius 1 is 1.17 bits per heavy atom. The Morgan fingerprint density at radius 3 is 2.70 bits per heavy atom. The summed E-state index contributed by atoms with van der Waals surface area (Å²) in [4.78, 5) is 20.7. The van der Waals surface area contributed by atoms with Crippen molar-refractivity contribution < 1.29 is 17.6 Å². The monoisotopic (exact) mass is 458 g/mol. The van der Waals surface area contributed by atoms with Crippen LogP contribution in [-0.2, 0) is 16.4 Å². The molecule has 30 heavy (non-hydrogen) atoms. The molecule has 4 aromatic rings. The van der Waals surface area contributed by atoms with Crippen molar-refractivity contribution >= 4 is 54.2 Å². The van der Waals surface area contributed by atoms with Crippen molar-refractivity contribution in [2.24, 2.45) is 0 Å². The number of aromatic nitrogens is 1.